The fraction of sp³-hybridized carbons (Fsp3) is 0.235. The van der Waals surface area contributed by atoms with Crippen molar-refractivity contribution in [1.29, 1.82) is 0 Å². The summed E-state index contributed by atoms with van der Waals surface area (Å²) in [6.07, 6.45) is -28.8. The van der Waals surface area contributed by atoms with Gasteiger partial charge in [-0.1, -0.05) is 277 Å². The van der Waals surface area contributed by atoms with Gasteiger partial charge < -0.3 is 30.8 Å². The number of aliphatic imine (C=N–C) groups is 4. The van der Waals surface area contributed by atoms with Crippen LogP contribution in [0.2, 0.25) is 40.2 Å². The van der Waals surface area contributed by atoms with Crippen molar-refractivity contribution in [3.63, 3.8) is 0 Å². The molecule has 0 aliphatic rings. The molecule has 0 aliphatic heterocycles. The third-order valence-electron chi connectivity index (χ3n) is 11.8. The van der Waals surface area contributed by atoms with E-state index in [1.807, 2.05) is 156 Å². The minimum Gasteiger partial charge on any atom is -0.855 e. The van der Waals surface area contributed by atoms with E-state index in [0.717, 1.165) is 72.8 Å². The average molecular weight is 1930 g/mol. The van der Waals surface area contributed by atoms with Crippen LogP contribution in [0.3, 0.4) is 0 Å². The molecule has 46 heteroatoms. The first kappa shape index (κ1) is 110. The molecule has 8 aromatic carbocycles. The monoisotopic (exact) mass is 1920 g/mol. The van der Waals surface area contributed by atoms with Gasteiger partial charge in [0, 0.05) is 20.1 Å². The summed E-state index contributed by atoms with van der Waals surface area (Å²) in [6.45, 7) is 3.14. The van der Waals surface area contributed by atoms with Crippen LogP contribution in [0.15, 0.2) is 238 Å². The molecule has 0 unspecified atom stereocenters. The molecular formula is C68H46Cl8F28N6O2Zn2. The molecule has 8 nitrogen and oxygen atoms in total. The van der Waals surface area contributed by atoms with Crippen LogP contribution in [0.4, 0.5) is 146 Å². The van der Waals surface area contributed by atoms with E-state index in [2.05, 4.69) is 20.6 Å². The summed E-state index contributed by atoms with van der Waals surface area (Å²) in [5.74, 6) is -70.2. The first-order chi connectivity index (χ1) is 51.4. The molecule has 0 saturated heterocycles. The van der Waals surface area contributed by atoms with Crippen LogP contribution in [0.1, 0.15) is 13.8 Å². The zero-order valence-corrected chi connectivity index (χ0v) is 68.7. The number of nitrogens with zero attached hydrogens (tertiary/aromatic N) is 6. The quantitative estimate of drug-likeness (QED) is 0.0523. The van der Waals surface area contributed by atoms with Gasteiger partial charge >= 0.3 is 111 Å². The van der Waals surface area contributed by atoms with Gasteiger partial charge in [-0.3, -0.25) is 0 Å². The number of hydrogen-bond donors (Lipinski definition) is 0. The minimum atomic E-state index is -7.26. The van der Waals surface area contributed by atoms with E-state index in [1.165, 1.54) is 0 Å². The van der Waals surface area contributed by atoms with E-state index in [0.29, 0.717) is 0 Å². The fourth-order valence-electron chi connectivity index (χ4n) is 6.48. The van der Waals surface area contributed by atoms with E-state index in [4.69, 9.17) is 103 Å². The van der Waals surface area contributed by atoms with Gasteiger partial charge in [-0.15, -0.1) is 13.2 Å². The van der Waals surface area contributed by atoms with Crippen LogP contribution in [-0.2, 0) is 39.0 Å². The second-order valence-corrected chi connectivity index (χ2v) is 23.3. The van der Waals surface area contributed by atoms with Crippen LogP contribution in [0.5, 0.6) is 0 Å². The number of hydrogen-bond acceptors (Lipinski definition) is 4. The molecule has 0 bridgehead atoms. The summed E-state index contributed by atoms with van der Waals surface area (Å²) in [5.41, 5.74) is -5.41. The van der Waals surface area contributed by atoms with Gasteiger partial charge in [0.2, 0.25) is 0 Å². The SMILES string of the molecule is CC[O-].CC[O-].FC(F)(F)C(F)(F)C(F)(F)C(=Nc1c(Cl)cccc1Cl)N=C([N-]c1c(Cl)cccc1Cl)C(F)(F)C(F)(F)C(F)(F)F.FC(F)(F)C(F)(F)C(F)(F)C(=Nc1c(Cl)cccc1Cl)N=C([N-]c1c(Cl)cccc1Cl)C(F)(F)C(F)(F)C(F)(F)F.[Zn+2].[Zn+2].c1ccccc1.c1ccccc1.c1ccccc1.c1ccccc1. The first-order valence-electron chi connectivity index (χ1n) is 29.5. The zero-order chi connectivity index (χ0) is 86.4. The normalized spacial score (nSPS) is 12.7. The van der Waals surface area contributed by atoms with Crippen molar-refractivity contribution in [3.8, 4) is 0 Å². The molecule has 0 atom stereocenters. The molecule has 0 aromatic heterocycles. The molecule has 0 amide bonds. The summed E-state index contributed by atoms with van der Waals surface area (Å²) >= 11 is 44.7. The van der Waals surface area contributed by atoms with Crippen LogP contribution in [-0.4, -0.2) is 109 Å². The van der Waals surface area contributed by atoms with Crippen molar-refractivity contribution < 1.29 is 172 Å². The first-order valence-corrected chi connectivity index (χ1v) is 32.5. The summed E-state index contributed by atoms with van der Waals surface area (Å²) < 4.78 is 384. The Hall–Kier alpha value is -6.43. The Morgan fingerprint density at radius 1 is 0.263 bits per heavy atom. The van der Waals surface area contributed by atoms with Crippen LogP contribution in [0, 0.1) is 0 Å². The van der Waals surface area contributed by atoms with Crippen molar-refractivity contribution in [2.24, 2.45) is 20.0 Å². The molecule has 8 aromatic rings. The molecular weight excluding hydrogens is 1880 g/mol. The maximum absolute atomic E-state index is 14.7. The van der Waals surface area contributed by atoms with E-state index in [9.17, 15) is 123 Å². The maximum Gasteiger partial charge on any atom is 2.00 e. The van der Waals surface area contributed by atoms with E-state index in [-0.39, 0.29) is 52.2 Å². The van der Waals surface area contributed by atoms with Crippen LogP contribution < -0.4 is 10.2 Å². The molecule has 8 rings (SSSR count). The van der Waals surface area contributed by atoms with E-state index in [1.54, 1.807) is 13.8 Å². The third kappa shape index (κ3) is 30.8. The standard InChI is InChI=1S/2C20H6Cl4F14N3.4C6H6.2C2H5O.2Zn/c2*21-7-3-1-4-8(22)11(7)39-13(15(25,26)17(29,30)19(33,34)35)41-14(16(27,28)18(31,32)20(36,37)38)40-12-9(23)5-2-6-10(12)24;4*1-2-4-6-5-3-1;2*1-2-3;;/h2*1-6H;4*1-6H;2*2H2,1H3;;/q2*-1;;;;;2*-1;2*+2. The van der Waals surface area contributed by atoms with Crippen molar-refractivity contribution in [2.45, 2.75) is 85.9 Å². The van der Waals surface area contributed by atoms with Gasteiger partial charge in [0.15, 0.2) is 0 Å². The number of benzene rings is 8. The predicted octanol–water partition coefficient (Wildman–Crippen LogP) is 27.7. The number of amidine groups is 4. The number of rotatable bonds is 12. The fourth-order valence-corrected chi connectivity index (χ4v) is 8.41. The van der Waals surface area contributed by atoms with Gasteiger partial charge in [0.05, 0.1) is 20.1 Å². The van der Waals surface area contributed by atoms with Crippen molar-refractivity contribution in [1.82, 2.24) is 0 Å². The number of halogens is 36. The molecule has 0 fully saturated rings. The van der Waals surface area contributed by atoms with Gasteiger partial charge in [-0.05, 0) is 71.6 Å². The van der Waals surface area contributed by atoms with Gasteiger partial charge in [0.25, 0.3) is 0 Å². The summed E-state index contributed by atoms with van der Waals surface area (Å²) in [5, 5.41) is 15.6. The Morgan fingerprint density at radius 3 is 0.553 bits per heavy atom. The Balaban J connectivity index is 0. The van der Waals surface area contributed by atoms with E-state index < -0.39 is 158 Å². The Morgan fingerprint density at radius 2 is 0.404 bits per heavy atom. The second kappa shape index (κ2) is 47.8. The largest absolute Gasteiger partial charge is 2.00 e. The number of para-hydroxylation sites is 4. The van der Waals surface area contributed by atoms with Crippen molar-refractivity contribution in [3.05, 3.63) is 269 Å². The molecule has 0 aliphatic carbocycles. The van der Waals surface area contributed by atoms with Crippen molar-refractivity contribution in [2.75, 3.05) is 13.2 Å². The number of alkyl halides is 28. The molecule has 0 spiro atoms. The topological polar surface area (TPSA) is 124 Å². The minimum absolute atomic E-state index is 0. The summed E-state index contributed by atoms with van der Waals surface area (Å²) in [6, 6.07) is 57.5. The van der Waals surface area contributed by atoms with Crippen LogP contribution >= 0.6 is 92.8 Å². The molecule has 0 radical (unpaired) electrons. The second-order valence-electron chi connectivity index (χ2n) is 20.0. The van der Waals surface area contributed by atoms with Gasteiger partial charge in [-0.25, -0.2) is 9.98 Å². The Labute approximate surface area is 694 Å². The zero-order valence-electron chi connectivity index (χ0n) is 56.7. The Kier molecular flexibility index (Phi) is 46.0. The molecule has 0 heterocycles. The van der Waals surface area contributed by atoms with Crippen molar-refractivity contribution >= 4 is 139 Å². The Bertz CT molecular complexity index is 3760. The smallest absolute Gasteiger partial charge is 0.855 e. The van der Waals surface area contributed by atoms with Gasteiger partial charge in [0.1, 0.15) is 23.0 Å². The predicted molar refractivity (Wildman–Crippen MR) is 372 cm³/mol. The molecule has 616 valence electrons. The van der Waals surface area contributed by atoms with E-state index >= 15 is 0 Å². The average Bonchev–Trinajstić information content (AvgIpc) is 0.746. The molecule has 0 N–H and O–H groups in total. The van der Waals surface area contributed by atoms with Gasteiger partial charge in [-0.2, -0.15) is 123 Å². The third-order valence-corrected chi connectivity index (χ3v) is 14.3. The molecule has 0 saturated carbocycles. The maximum atomic E-state index is 14.7. The summed E-state index contributed by atoms with van der Waals surface area (Å²) in [4.78, 5) is 8.96. The van der Waals surface area contributed by atoms with Crippen LogP contribution in [0.25, 0.3) is 10.6 Å². The molecule has 114 heavy (non-hydrogen) atoms. The summed E-state index contributed by atoms with van der Waals surface area (Å²) in [7, 11) is 0.